The van der Waals surface area contributed by atoms with Crippen molar-refractivity contribution in [1.29, 1.82) is 0 Å². The largest absolute Gasteiger partial charge is 0.346 e. The number of hydrogen-bond acceptors (Lipinski definition) is 5. The second kappa shape index (κ2) is 4.89. The van der Waals surface area contributed by atoms with Gasteiger partial charge in [-0.2, -0.15) is 5.21 Å². The molecule has 0 unspecified atom stereocenters. The Labute approximate surface area is 97.8 Å². The quantitative estimate of drug-likeness (QED) is 0.683. The number of H-pyrrole nitrogens is 1. The fourth-order valence-corrected chi connectivity index (χ4v) is 1.85. The number of nitrogens with zero attached hydrogens (tertiary/aromatic N) is 4. The molecule has 2 amide bonds. The Morgan fingerprint density at radius 1 is 1.41 bits per heavy atom. The SMILES string of the molecule is CC(=O)N1CCC(NC(=O)c2nn[nH]n2)CC1. The van der Waals surface area contributed by atoms with Gasteiger partial charge in [0.05, 0.1) is 0 Å². The van der Waals surface area contributed by atoms with E-state index in [0.717, 1.165) is 12.8 Å². The van der Waals surface area contributed by atoms with E-state index in [4.69, 9.17) is 0 Å². The minimum absolute atomic E-state index is 0.0407. The predicted octanol–water partition coefficient (Wildman–Crippen LogP) is -1.06. The van der Waals surface area contributed by atoms with Crippen LogP contribution in [0.4, 0.5) is 0 Å². The summed E-state index contributed by atoms with van der Waals surface area (Å²) in [5.74, 6) is -0.216. The molecule has 2 heterocycles. The fourth-order valence-electron chi connectivity index (χ4n) is 1.85. The van der Waals surface area contributed by atoms with Gasteiger partial charge >= 0.3 is 0 Å². The van der Waals surface area contributed by atoms with Crippen molar-refractivity contribution in [1.82, 2.24) is 30.8 Å². The van der Waals surface area contributed by atoms with Crippen molar-refractivity contribution in [3.8, 4) is 0 Å². The van der Waals surface area contributed by atoms with Crippen molar-refractivity contribution >= 4 is 11.8 Å². The molecule has 1 fully saturated rings. The fraction of sp³-hybridized carbons (Fsp3) is 0.667. The van der Waals surface area contributed by atoms with E-state index in [9.17, 15) is 9.59 Å². The second-order valence-electron chi connectivity index (χ2n) is 3.99. The zero-order valence-corrected chi connectivity index (χ0v) is 9.51. The van der Waals surface area contributed by atoms with Gasteiger partial charge in [0, 0.05) is 26.1 Å². The van der Waals surface area contributed by atoms with Gasteiger partial charge < -0.3 is 10.2 Å². The zero-order chi connectivity index (χ0) is 12.3. The van der Waals surface area contributed by atoms with E-state index >= 15 is 0 Å². The van der Waals surface area contributed by atoms with Gasteiger partial charge in [-0.25, -0.2) is 0 Å². The molecule has 1 aromatic heterocycles. The van der Waals surface area contributed by atoms with Gasteiger partial charge in [0.15, 0.2) is 0 Å². The van der Waals surface area contributed by atoms with Crippen LogP contribution in [0.15, 0.2) is 0 Å². The minimum Gasteiger partial charge on any atom is -0.346 e. The maximum absolute atomic E-state index is 11.6. The van der Waals surface area contributed by atoms with E-state index in [1.54, 1.807) is 11.8 Å². The maximum atomic E-state index is 11.6. The first-order valence-corrected chi connectivity index (χ1v) is 5.46. The summed E-state index contributed by atoms with van der Waals surface area (Å²) in [6, 6.07) is 0.0663. The molecule has 0 aliphatic carbocycles. The predicted molar refractivity (Wildman–Crippen MR) is 56.9 cm³/mol. The number of likely N-dealkylation sites (tertiary alicyclic amines) is 1. The molecule has 0 saturated carbocycles. The lowest BCUT2D eigenvalue weighted by Gasteiger charge is -2.31. The van der Waals surface area contributed by atoms with E-state index in [2.05, 4.69) is 25.9 Å². The van der Waals surface area contributed by atoms with Gasteiger partial charge in [0.25, 0.3) is 11.7 Å². The molecule has 92 valence electrons. The molecule has 0 atom stereocenters. The zero-order valence-electron chi connectivity index (χ0n) is 9.51. The number of carbonyl (C=O) groups is 2. The lowest BCUT2D eigenvalue weighted by atomic mass is 10.1. The van der Waals surface area contributed by atoms with Crippen LogP contribution in [-0.4, -0.2) is 56.5 Å². The van der Waals surface area contributed by atoms with E-state index in [0.29, 0.717) is 13.1 Å². The lowest BCUT2D eigenvalue weighted by molar-refractivity contribution is -0.129. The Kier molecular flexibility index (Phi) is 3.31. The standard InChI is InChI=1S/C9H14N6O2/c1-6(16)15-4-2-7(3-5-15)10-9(17)8-11-13-14-12-8/h7H,2-5H2,1H3,(H,10,17)(H,11,12,13,14). The van der Waals surface area contributed by atoms with E-state index < -0.39 is 0 Å². The molecule has 8 nitrogen and oxygen atoms in total. The highest BCUT2D eigenvalue weighted by Gasteiger charge is 2.23. The van der Waals surface area contributed by atoms with Crippen LogP contribution in [-0.2, 0) is 4.79 Å². The van der Waals surface area contributed by atoms with Crippen LogP contribution >= 0.6 is 0 Å². The van der Waals surface area contributed by atoms with Crippen molar-refractivity contribution in [3.05, 3.63) is 5.82 Å². The van der Waals surface area contributed by atoms with Crippen LogP contribution in [0.5, 0.6) is 0 Å². The summed E-state index contributed by atoms with van der Waals surface area (Å²) in [6.07, 6.45) is 1.51. The van der Waals surface area contributed by atoms with Crippen LogP contribution in [0.2, 0.25) is 0 Å². The average Bonchev–Trinajstić information content (AvgIpc) is 2.83. The number of aromatic amines is 1. The Morgan fingerprint density at radius 2 is 2.12 bits per heavy atom. The number of hydrogen-bond donors (Lipinski definition) is 2. The van der Waals surface area contributed by atoms with Crippen LogP contribution < -0.4 is 5.32 Å². The molecule has 1 aliphatic rings. The van der Waals surface area contributed by atoms with Gasteiger partial charge in [-0.3, -0.25) is 9.59 Å². The topological polar surface area (TPSA) is 104 Å². The number of piperidine rings is 1. The summed E-state index contributed by atoms with van der Waals surface area (Å²) < 4.78 is 0. The normalized spacial score (nSPS) is 16.9. The van der Waals surface area contributed by atoms with E-state index in [1.165, 1.54) is 0 Å². The highest BCUT2D eigenvalue weighted by molar-refractivity contribution is 5.90. The van der Waals surface area contributed by atoms with Crippen molar-refractivity contribution < 1.29 is 9.59 Å². The van der Waals surface area contributed by atoms with Crippen LogP contribution in [0.1, 0.15) is 30.4 Å². The molecule has 1 aromatic rings. The highest BCUT2D eigenvalue weighted by atomic mass is 16.2. The van der Waals surface area contributed by atoms with Crippen molar-refractivity contribution in [3.63, 3.8) is 0 Å². The first-order chi connectivity index (χ1) is 8.16. The molecule has 8 heteroatoms. The Balaban J connectivity index is 1.82. The summed E-state index contributed by atoms with van der Waals surface area (Å²) in [4.78, 5) is 24.5. The van der Waals surface area contributed by atoms with Gasteiger partial charge in [0.1, 0.15) is 0 Å². The molecule has 0 bridgehead atoms. The molecule has 1 aliphatic heterocycles. The summed E-state index contributed by atoms with van der Waals surface area (Å²) in [5.41, 5.74) is 0. The third-order valence-corrected chi connectivity index (χ3v) is 2.82. The van der Waals surface area contributed by atoms with Crippen LogP contribution in [0.25, 0.3) is 0 Å². The van der Waals surface area contributed by atoms with Crippen molar-refractivity contribution in [2.24, 2.45) is 0 Å². The summed E-state index contributed by atoms with van der Waals surface area (Å²) in [7, 11) is 0. The Morgan fingerprint density at radius 3 is 2.65 bits per heavy atom. The molecule has 0 spiro atoms. The minimum atomic E-state index is -0.333. The molecular weight excluding hydrogens is 224 g/mol. The third kappa shape index (κ3) is 2.77. The molecule has 2 rings (SSSR count). The first kappa shape index (κ1) is 11.5. The number of rotatable bonds is 2. The third-order valence-electron chi connectivity index (χ3n) is 2.82. The van der Waals surface area contributed by atoms with E-state index in [-0.39, 0.29) is 23.7 Å². The first-order valence-electron chi connectivity index (χ1n) is 5.46. The number of carbonyl (C=O) groups excluding carboxylic acids is 2. The molecule has 2 N–H and O–H groups in total. The lowest BCUT2D eigenvalue weighted by Crippen LogP contribution is -2.46. The summed E-state index contributed by atoms with van der Waals surface area (Å²) in [6.45, 7) is 2.90. The van der Waals surface area contributed by atoms with Gasteiger partial charge in [0.2, 0.25) is 5.91 Å². The van der Waals surface area contributed by atoms with Gasteiger partial charge in [-0.1, -0.05) is 0 Å². The van der Waals surface area contributed by atoms with Gasteiger partial charge in [-0.15, -0.1) is 10.2 Å². The maximum Gasteiger partial charge on any atom is 0.293 e. The van der Waals surface area contributed by atoms with Crippen molar-refractivity contribution in [2.45, 2.75) is 25.8 Å². The molecular formula is C9H14N6O2. The van der Waals surface area contributed by atoms with E-state index in [1.807, 2.05) is 0 Å². The molecule has 17 heavy (non-hydrogen) atoms. The highest BCUT2D eigenvalue weighted by Crippen LogP contribution is 2.10. The average molecular weight is 238 g/mol. The van der Waals surface area contributed by atoms with Crippen molar-refractivity contribution in [2.75, 3.05) is 13.1 Å². The van der Waals surface area contributed by atoms with Gasteiger partial charge in [-0.05, 0) is 18.1 Å². The summed E-state index contributed by atoms with van der Waals surface area (Å²) in [5, 5.41) is 15.6. The Hall–Kier alpha value is -1.99. The number of amides is 2. The number of aromatic nitrogens is 4. The molecule has 0 aromatic carbocycles. The number of nitrogens with one attached hydrogen (secondary N) is 2. The molecule has 0 radical (unpaired) electrons. The van der Waals surface area contributed by atoms with Crippen LogP contribution in [0, 0.1) is 0 Å². The van der Waals surface area contributed by atoms with Crippen LogP contribution in [0.3, 0.4) is 0 Å². The second-order valence-corrected chi connectivity index (χ2v) is 3.99. The summed E-state index contributed by atoms with van der Waals surface area (Å²) >= 11 is 0. The Bertz CT molecular complexity index is 396. The monoisotopic (exact) mass is 238 g/mol. The molecule has 1 saturated heterocycles. The number of tetrazole rings is 1. The smallest absolute Gasteiger partial charge is 0.293 e.